The molecular weight excluding hydrogens is 448 g/mol. The summed E-state index contributed by atoms with van der Waals surface area (Å²) in [7, 11) is 0. The second-order valence-corrected chi connectivity index (χ2v) is 13.2. The molecule has 1 aliphatic rings. The third-order valence-electron chi connectivity index (χ3n) is 9.52. The minimum absolute atomic E-state index is 0.0676. The molecule has 0 spiro atoms. The minimum Gasteiger partial charge on any atom is -0.465 e. The van der Waals surface area contributed by atoms with Gasteiger partial charge in [-0.25, -0.2) is 0 Å². The first kappa shape index (κ1) is 33.0. The van der Waals surface area contributed by atoms with Gasteiger partial charge in [-0.1, -0.05) is 107 Å². The standard InChI is InChI=1S/C32H60O4/c1-9-11-13-15-25(3)31(5,6)21-23-35-29(33)27-17-19-28(20-18-27)30(34)36-24-22-32(7,8)26(4)16-14-12-10-2/h25-28H,9-24H2,1-8H3. The minimum atomic E-state index is -0.0740. The van der Waals surface area contributed by atoms with Crippen LogP contribution in [0.5, 0.6) is 0 Å². The fourth-order valence-corrected chi connectivity index (χ4v) is 5.31. The molecule has 1 aliphatic carbocycles. The van der Waals surface area contributed by atoms with E-state index in [1.165, 1.54) is 51.4 Å². The summed E-state index contributed by atoms with van der Waals surface area (Å²) in [6.45, 7) is 19.3. The molecule has 0 aromatic carbocycles. The predicted molar refractivity (Wildman–Crippen MR) is 151 cm³/mol. The van der Waals surface area contributed by atoms with Gasteiger partial charge < -0.3 is 9.47 Å². The number of hydrogen-bond acceptors (Lipinski definition) is 4. The summed E-state index contributed by atoms with van der Waals surface area (Å²) < 4.78 is 11.4. The van der Waals surface area contributed by atoms with Crippen molar-refractivity contribution in [3.05, 3.63) is 0 Å². The third kappa shape index (κ3) is 12.0. The van der Waals surface area contributed by atoms with Gasteiger partial charge in [0.05, 0.1) is 25.0 Å². The van der Waals surface area contributed by atoms with Crippen LogP contribution in [0.25, 0.3) is 0 Å². The number of carbonyl (C=O) groups is 2. The van der Waals surface area contributed by atoms with Crippen molar-refractivity contribution < 1.29 is 19.1 Å². The summed E-state index contributed by atoms with van der Waals surface area (Å²) in [5.41, 5.74) is 0.356. The lowest BCUT2D eigenvalue weighted by molar-refractivity contribution is -0.156. The van der Waals surface area contributed by atoms with Crippen LogP contribution in [0.4, 0.5) is 0 Å². The van der Waals surface area contributed by atoms with Crippen LogP contribution in [0.3, 0.4) is 0 Å². The molecule has 2 unspecified atom stereocenters. The molecule has 0 aromatic rings. The number of unbranched alkanes of at least 4 members (excludes halogenated alkanes) is 4. The number of hydrogen-bond donors (Lipinski definition) is 0. The highest BCUT2D eigenvalue weighted by atomic mass is 16.5. The Hall–Kier alpha value is -1.06. The molecule has 36 heavy (non-hydrogen) atoms. The molecule has 1 rings (SSSR count). The van der Waals surface area contributed by atoms with Crippen molar-refractivity contribution in [3.63, 3.8) is 0 Å². The fourth-order valence-electron chi connectivity index (χ4n) is 5.31. The zero-order chi connectivity index (χ0) is 27.2. The van der Waals surface area contributed by atoms with Crippen LogP contribution < -0.4 is 0 Å². The highest BCUT2D eigenvalue weighted by molar-refractivity contribution is 5.75. The second kappa shape index (κ2) is 16.7. The Morgan fingerprint density at radius 1 is 0.667 bits per heavy atom. The van der Waals surface area contributed by atoms with E-state index in [0.29, 0.717) is 25.0 Å². The van der Waals surface area contributed by atoms with E-state index in [1.807, 2.05) is 0 Å². The molecule has 4 heteroatoms. The highest BCUT2D eigenvalue weighted by Gasteiger charge is 2.33. The molecule has 0 aliphatic heterocycles. The van der Waals surface area contributed by atoms with Crippen molar-refractivity contribution in [2.45, 2.75) is 145 Å². The van der Waals surface area contributed by atoms with Crippen molar-refractivity contribution in [1.29, 1.82) is 0 Å². The maximum absolute atomic E-state index is 12.6. The van der Waals surface area contributed by atoms with Crippen molar-refractivity contribution in [2.75, 3.05) is 13.2 Å². The maximum atomic E-state index is 12.6. The first-order chi connectivity index (χ1) is 16.9. The number of rotatable bonds is 18. The molecule has 0 amide bonds. The quantitative estimate of drug-likeness (QED) is 0.137. The van der Waals surface area contributed by atoms with Gasteiger partial charge >= 0.3 is 11.9 Å². The Morgan fingerprint density at radius 3 is 1.31 bits per heavy atom. The van der Waals surface area contributed by atoms with E-state index in [-0.39, 0.29) is 34.6 Å². The molecule has 0 radical (unpaired) electrons. The summed E-state index contributed by atoms with van der Waals surface area (Å²) in [4.78, 5) is 25.3. The Bertz CT molecular complexity index is 562. The van der Waals surface area contributed by atoms with Gasteiger partial charge in [0, 0.05) is 0 Å². The molecule has 0 aromatic heterocycles. The van der Waals surface area contributed by atoms with Gasteiger partial charge in [-0.2, -0.15) is 0 Å². The predicted octanol–water partition coefficient (Wildman–Crippen LogP) is 9.14. The van der Waals surface area contributed by atoms with Crippen molar-refractivity contribution in [2.24, 2.45) is 34.5 Å². The summed E-state index contributed by atoms with van der Waals surface area (Å²) in [5.74, 6) is 0.965. The van der Waals surface area contributed by atoms with E-state index >= 15 is 0 Å². The number of ether oxygens (including phenoxy) is 2. The third-order valence-corrected chi connectivity index (χ3v) is 9.52. The summed E-state index contributed by atoms with van der Waals surface area (Å²) in [5, 5.41) is 0. The zero-order valence-electron chi connectivity index (χ0n) is 25.3. The van der Waals surface area contributed by atoms with Gasteiger partial charge in [0.15, 0.2) is 0 Å². The van der Waals surface area contributed by atoms with Crippen molar-refractivity contribution >= 4 is 11.9 Å². The van der Waals surface area contributed by atoms with Gasteiger partial charge in [0.2, 0.25) is 0 Å². The Kier molecular flexibility index (Phi) is 15.3. The van der Waals surface area contributed by atoms with E-state index < -0.39 is 0 Å². The monoisotopic (exact) mass is 508 g/mol. The largest absolute Gasteiger partial charge is 0.465 e. The lowest BCUT2D eigenvalue weighted by atomic mass is 9.75. The van der Waals surface area contributed by atoms with Gasteiger partial charge in [0.1, 0.15) is 0 Å². The molecule has 0 bridgehead atoms. The van der Waals surface area contributed by atoms with E-state index in [1.54, 1.807) is 0 Å². The van der Waals surface area contributed by atoms with Crippen LogP contribution in [0, 0.1) is 34.5 Å². The Labute approximate surface area is 224 Å². The van der Waals surface area contributed by atoms with Crippen LogP contribution >= 0.6 is 0 Å². The Balaban J connectivity index is 2.30. The molecule has 1 fully saturated rings. The molecule has 1 saturated carbocycles. The first-order valence-electron chi connectivity index (χ1n) is 15.3. The van der Waals surface area contributed by atoms with Crippen LogP contribution in [0.2, 0.25) is 0 Å². The zero-order valence-corrected chi connectivity index (χ0v) is 25.3. The molecule has 212 valence electrons. The molecule has 2 atom stereocenters. The topological polar surface area (TPSA) is 52.6 Å². The highest BCUT2D eigenvalue weighted by Crippen LogP contribution is 2.36. The molecule has 4 nitrogen and oxygen atoms in total. The first-order valence-corrected chi connectivity index (χ1v) is 15.3. The molecule has 0 N–H and O–H groups in total. The lowest BCUT2D eigenvalue weighted by Gasteiger charge is -2.33. The van der Waals surface area contributed by atoms with Gasteiger partial charge in [0.25, 0.3) is 0 Å². The SMILES string of the molecule is CCCCCC(C)C(C)(C)CCOC(=O)C1CCC(C(=O)OCCC(C)(C)C(C)CCCCC)CC1. The summed E-state index contributed by atoms with van der Waals surface area (Å²) in [6, 6.07) is 0. The summed E-state index contributed by atoms with van der Waals surface area (Å²) in [6.07, 6.45) is 14.9. The van der Waals surface area contributed by atoms with Crippen molar-refractivity contribution in [1.82, 2.24) is 0 Å². The van der Waals surface area contributed by atoms with Gasteiger partial charge in [-0.05, 0) is 61.2 Å². The smallest absolute Gasteiger partial charge is 0.308 e. The van der Waals surface area contributed by atoms with Gasteiger partial charge in [-0.15, -0.1) is 0 Å². The van der Waals surface area contributed by atoms with Crippen LogP contribution in [0.1, 0.15) is 145 Å². The fraction of sp³-hybridized carbons (Fsp3) is 0.938. The second-order valence-electron chi connectivity index (χ2n) is 13.2. The van der Waals surface area contributed by atoms with E-state index in [2.05, 4.69) is 55.4 Å². The normalized spacial score (nSPS) is 20.6. The molecule has 0 heterocycles. The summed E-state index contributed by atoms with van der Waals surface area (Å²) >= 11 is 0. The van der Waals surface area contributed by atoms with Crippen LogP contribution in [0.15, 0.2) is 0 Å². The lowest BCUT2D eigenvalue weighted by Crippen LogP contribution is -2.30. The molecular formula is C32H60O4. The number of esters is 2. The van der Waals surface area contributed by atoms with Crippen molar-refractivity contribution in [3.8, 4) is 0 Å². The van der Waals surface area contributed by atoms with Crippen LogP contribution in [-0.4, -0.2) is 25.2 Å². The Morgan fingerprint density at radius 2 is 1.00 bits per heavy atom. The average Bonchev–Trinajstić information content (AvgIpc) is 2.83. The van der Waals surface area contributed by atoms with E-state index in [4.69, 9.17) is 9.47 Å². The number of carbonyl (C=O) groups excluding carboxylic acids is 2. The maximum Gasteiger partial charge on any atom is 0.308 e. The van der Waals surface area contributed by atoms with E-state index in [9.17, 15) is 9.59 Å². The average molecular weight is 509 g/mol. The molecule has 0 saturated heterocycles. The van der Waals surface area contributed by atoms with Crippen LogP contribution in [-0.2, 0) is 19.1 Å². The van der Waals surface area contributed by atoms with Gasteiger partial charge in [-0.3, -0.25) is 9.59 Å². The van der Waals surface area contributed by atoms with E-state index in [0.717, 1.165) is 38.5 Å².